The minimum absolute atomic E-state index is 0.0324. The molecule has 0 radical (unpaired) electrons. The average Bonchev–Trinajstić information content (AvgIpc) is 2.97. The number of aromatic nitrogens is 4. The molecule has 238 valence electrons. The van der Waals surface area contributed by atoms with Gasteiger partial charge in [0.15, 0.2) is 5.83 Å². The Balaban J connectivity index is 1.64. The summed E-state index contributed by atoms with van der Waals surface area (Å²) in [5.41, 5.74) is -2.85. The first-order valence-electron chi connectivity index (χ1n) is 14.3. The molecule has 1 atom stereocenters. The van der Waals surface area contributed by atoms with Crippen LogP contribution in [0.15, 0.2) is 41.6 Å². The lowest BCUT2D eigenvalue weighted by Crippen LogP contribution is -2.60. The summed E-state index contributed by atoms with van der Waals surface area (Å²) in [6.45, 7) is 10.3. The van der Waals surface area contributed by atoms with Gasteiger partial charge in [-0.2, -0.15) is 33.2 Å². The van der Waals surface area contributed by atoms with Crippen LogP contribution < -0.4 is 15.4 Å². The fourth-order valence-electron chi connectivity index (χ4n) is 5.86. The van der Waals surface area contributed by atoms with E-state index in [1.54, 1.807) is 4.90 Å². The van der Waals surface area contributed by atoms with Crippen molar-refractivity contribution in [3.63, 3.8) is 0 Å². The van der Waals surface area contributed by atoms with Crippen molar-refractivity contribution in [2.75, 3.05) is 55.6 Å². The van der Waals surface area contributed by atoms with Gasteiger partial charge in [-0.25, -0.2) is 9.37 Å². The van der Waals surface area contributed by atoms with Gasteiger partial charge in [0.1, 0.15) is 11.3 Å². The number of carbonyl (C=O) groups excluding carboxylic acids is 1. The first-order chi connectivity index (χ1) is 21.4. The topological polar surface area (TPSA) is 114 Å². The molecule has 2 saturated heterocycles. The summed E-state index contributed by atoms with van der Waals surface area (Å²) in [5.74, 6) is -1.61. The molecule has 1 aromatic carbocycles. The molecule has 5 rings (SSSR count). The van der Waals surface area contributed by atoms with E-state index >= 15 is 0 Å². The van der Waals surface area contributed by atoms with Crippen LogP contribution >= 0.6 is 11.6 Å². The molecule has 2 fully saturated rings. The number of fused-ring (bicyclic) bond motifs is 1. The Hall–Kier alpha value is -4.29. The predicted molar refractivity (Wildman–Crippen MR) is 160 cm³/mol. The maximum atomic E-state index is 14.0. The number of alkyl halides is 3. The van der Waals surface area contributed by atoms with Crippen molar-refractivity contribution in [1.29, 1.82) is 5.26 Å². The van der Waals surface area contributed by atoms with Crippen LogP contribution in [-0.4, -0.2) is 93.4 Å². The summed E-state index contributed by atoms with van der Waals surface area (Å²) in [5, 5.41) is 13.1. The number of benzene rings is 1. The minimum Gasteiger partial charge on any atom is -0.352 e. The van der Waals surface area contributed by atoms with E-state index < -0.39 is 45.8 Å². The van der Waals surface area contributed by atoms with Gasteiger partial charge in [-0.1, -0.05) is 38.1 Å². The van der Waals surface area contributed by atoms with Gasteiger partial charge in [-0.3, -0.25) is 14.5 Å². The van der Waals surface area contributed by atoms with Gasteiger partial charge < -0.3 is 14.7 Å². The summed E-state index contributed by atoms with van der Waals surface area (Å²) in [6, 6.07) is 4.99. The maximum absolute atomic E-state index is 14.0. The van der Waals surface area contributed by atoms with Crippen molar-refractivity contribution >= 4 is 40.2 Å². The Labute approximate surface area is 260 Å². The molecule has 0 unspecified atom stereocenters. The molecule has 11 nitrogen and oxygen atoms in total. The number of amides is 1. The molecule has 45 heavy (non-hydrogen) atoms. The van der Waals surface area contributed by atoms with Crippen LogP contribution in [0, 0.1) is 11.3 Å². The van der Waals surface area contributed by atoms with E-state index in [-0.39, 0.29) is 54.8 Å². The molecule has 3 aromatic rings. The van der Waals surface area contributed by atoms with Crippen molar-refractivity contribution < 1.29 is 22.4 Å². The number of hydrogen-bond acceptors (Lipinski definition) is 9. The molecule has 2 aromatic heterocycles. The smallest absolute Gasteiger partial charge is 0.352 e. The van der Waals surface area contributed by atoms with Gasteiger partial charge in [0, 0.05) is 38.8 Å². The van der Waals surface area contributed by atoms with E-state index in [9.17, 15) is 32.4 Å². The molecule has 4 heterocycles. The highest BCUT2D eigenvalue weighted by molar-refractivity contribution is 6.31. The molecule has 0 bridgehead atoms. The Morgan fingerprint density at radius 1 is 1.16 bits per heavy atom. The van der Waals surface area contributed by atoms with Crippen LogP contribution in [-0.2, 0) is 11.0 Å². The zero-order chi connectivity index (χ0) is 32.6. The third-order valence-electron chi connectivity index (χ3n) is 8.19. The van der Waals surface area contributed by atoms with Gasteiger partial charge in [-0.05, 0) is 25.2 Å². The molecular weight excluding hydrogens is 618 g/mol. The SMILES string of the molecule is C=C(F)C(=O)N1CCN(c2nc(N3CC(N(CC)CC)C3)nc3c(=O)n(-c4cccc(Cl)c4C(F)(F)F)ncc23)C[C@@H]1CC#N. The lowest BCUT2D eigenvalue weighted by atomic mass is 10.1. The second kappa shape index (κ2) is 12.6. The van der Waals surface area contributed by atoms with Crippen LogP contribution in [0.5, 0.6) is 0 Å². The number of rotatable bonds is 8. The fourth-order valence-corrected chi connectivity index (χ4v) is 6.14. The molecular formula is C29H30ClF4N9O2. The number of carbonyl (C=O) groups is 1. The number of nitrogens with zero attached hydrogens (tertiary/aromatic N) is 9. The fraction of sp³-hybridized carbons (Fsp3) is 0.448. The van der Waals surface area contributed by atoms with E-state index in [4.69, 9.17) is 16.6 Å². The molecule has 16 heteroatoms. The van der Waals surface area contributed by atoms with Crippen LogP contribution in [0.25, 0.3) is 16.6 Å². The minimum atomic E-state index is -4.87. The highest BCUT2D eigenvalue weighted by Crippen LogP contribution is 2.38. The number of piperazine rings is 1. The van der Waals surface area contributed by atoms with Gasteiger partial charge in [0.25, 0.3) is 11.5 Å². The molecule has 2 aliphatic heterocycles. The first kappa shape index (κ1) is 32.1. The Morgan fingerprint density at radius 3 is 2.49 bits per heavy atom. The molecule has 1 amide bonds. The maximum Gasteiger partial charge on any atom is 0.419 e. The molecule has 0 saturated carbocycles. The van der Waals surface area contributed by atoms with Crippen molar-refractivity contribution in [2.45, 2.75) is 38.5 Å². The third kappa shape index (κ3) is 6.04. The van der Waals surface area contributed by atoms with E-state index in [1.165, 1.54) is 17.2 Å². The molecule has 0 spiro atoms. The number of likely N-dealkylation sites (N-methyl/N-ethyl adjacent to an activating group) is 1. The average molecular weight is 648 g/mol. The molecule has 0 N–H and O–H groups in total. The second-order valence-corrected chi connectivity index (χ2v) is 11.2. The number of halogens is 5. The van der Waals surface area contributed by atoms with Crippen molar-refractivity contribution in [2.24, 2.45) is 0 Å². The summed E-state index contributed by atoms with van der Waals surface area (Å²) >= 11 is 5.92. The van der Waals surface area contributed by atoms with Gasteiger partial charge in [0.2, 0.25) is 5.95 Å². The zero-order valence-electron chi connectivity index (χ0n) is 24.6. The predicted octanol–water partition coefficient (Wildman–Crippen LogP) is 3.79. The third-order valence-corrected chi connectivity index (χ3v) is 8.51. The highest BCUT2D eigenvalue weighted by atomic mass is 35.5. The lowest BCUT2D eigenvalue weighted by Gasteiger charge is -2.45. The number of hydrogen-bond donors (Lipinski definition) is 0. The molecule has 2 aliphatic rings. The van der Waals surface area contributed by atoms with Gasteiger partial charge >= 0.3 is 6.18 Å². The summed E-state index contributed by atoms with van der Waals surface area (Å²) in [4.78, 5) is 42.7. The number of nitriles is 1. The van der Waals surface area contributed by atoms with Crippen molar-refractivity contribution in [3.8, 4) is 11.8 Å². The lowest BCUT2D eigenvalue weighted by molar-refractivity contribution is -0.137. The monoisotopic (exact) mass is 647 g/mol. The van der Waals surface area contributed by atoms with Gasteiger partial charge in [0.05, 0.1) is 46.4 Å². The summed E-state index contributed by atoms with van der Waals surface area (Å²) in [7, 11) is 0. The Morgan fingerprint density at radius 2 is 1.87 bits per heavy atom. The van der Waals surface area contributed by atoms with Crippen LogP contribution in [0.4, 0.5) is 29.3 Å². The van der Waals surface area contributed by atoms with E-state index in [1.807, 2.05) is 11.0 Å². The summed E-state index contributed by atoms with van der Waals surface area (Å²) < 4.78 is 56.4. The van der Waals surface area contributed by atoms with Gasteiger partial charge in [-0.15, -0.1) is 0 Å². The van der Waals surface area contributed by atoms with E-state index in [2.05, 4.69) is 35.4 Å². The van der Waals surface area contributed by atoms with Crippen LogP contribution in [0.3, 0.4) is 0 Å². The quantitative estimate of drug-likeness (QED) is 0.266. The van der Waals surface area contributed by atoms with Crippen molar-refractivity contribution in [1.82, 2.24) is 29.5 Å². The largest absolute Gasteiger partial charge is 0.419 e. The highest BCUT2D eigenvalue weighted by Gasteiger charge is 2.39. The van der Waals surface area contributed by atoms with Crippen molar-refractivity contribution in [3.05, 3.63) is 57.7 Å². The second-order valence-electron chi connectivity index (χ2n) is 10.7. The van der Waals surface area contributed by atoms with E-state index in [0.717, 1.165) is 25.2 Å². The molecule has 0 aliphatic carbocycles. The zero-order valence-corrected chi connectivity index (χ0v) is 25.3. The summed E-state index contributed by atoms with van der Waals surface area (Å²) in [6.07, 6.45) is -3.77. The standard InChI is InChI=1S/C29H30ClF4N9O2/c1-4-39(5-2)19-15-41(16-19)28-37-24-20(13-36-43(27(24)45)22-8-6-7-21(30)23(22)29(32,33)34)25(38-28)40-11-12-42(26(44)17(3)31)18(14-40)9-10-35/h6-8,13,18-19H,3-5,9,11-12,14-16H2,1-2H3/t18-/m0/s1. The number of anilines is 2. The van der Waals surface area contributed by atoms with Crippen LogP contribution in [0.2, 0.25) is 5.02 Å². The van der Waals surface area contributed by atoms with E-state index in [0.29, 0.717) is 17.8 Å². The normalized spacial score (nSPS) is 17.5. The first-order valence-corrected chi connectivity index (χ1v) is 14.7. The Kier molecular flexibility index (Phi) is 8.99. The Bertz CT molecular complexity index is 1730. The van der Waals surface area contributed by atoms with Crippen LogP contribution in [0.1, 0.15) is 25.8 Å².